The van der Waals surface area contributed by atoms with Gasteiger partial charge >= 0.3 is 0 Å². The van der Waals surface area contributed by atoms with E-state index in [9.17, 15) is 9.18 Å². The molecule has 5 heteroatoms. The smallest absolute Gasteiger partial charge is 0.164 e. The van der Waals surface area contributed by atoms with Gasteiger partial charge in [0.2, 0.25) is 0 Å². The molecule has 2 atom stereocenters. The Kier molecular flexibility index (Phi) is 5.43. The number of aromatic nitrogens is 1. The van der Waals surface area contributed by atoms with Crippen molar-refractivity contribution in [1.29, 1.82) is 0 Å². The summed E-state index contributed by atoms with van der Waals surface area (Å²) in [7, 11) is 0. The number of carbonyl (C=O) groups excluding carboxylic acids is 1. The molecule has 1 fully saturated rings. The molecule has 0 radical (unpaired) electrons. The van der Waals surface area contributed by atoms with Crippen LogP contribution in [0.4, 0.5) is 10.1 Å². The van der Waals surface area contributed by atoms with Crippen LogP contribution in [0.2, 0.25) is 0 Å². The zero-order chi connectivity index (χ0) is 17.8. The fourth-order valence-corrected chi connectivity index (χ4v) is 3.51. The number of halogens is 1. The molecule has 1 aromatic carbocycles. The first-order valence-corrected chi connectivity index (χ1v) is 8.73. The molecular weight excluding hydrogens is 317 g/mol. The zero-order valence-corrected chi connectivity index (χ0v) is 14.7. The highest BCUT2D eigenvalue weighted by Crippen LogP contribution is 2.26. The van der Waals surface area contributed by atoms with Crippen molar-refractivity contribution < 1.29 is 9.18 Å². The molecule has 2 aromatic rings. The van der Waals surface area contributed by atoms with E-state index < -0.39 is 5.82 Å². The number of nitrogens with zero attached hydrogens (tertiary/aromatic N) is 2. The lowest BCUT2D eigenvalue weighted by Gasteiger charge is -2.37. The van der Waals surface area contributed by atoms with E-state index in [1.54, 1.807) is 12.1 Å². The van der Waals surface area contributed by atoms with Crippen LogP contribution in [0.25, 0.3) is 0 Å². The molecule has 1 aliphatic rings. The van der Waals surface area contributed by atoms with Gasteiger partial charge < -0.3 is 5.32 Å². The van der Waals surface area contributed by atoms with E-state index in [-0.39, 0.29) is 17.4 Å². The number of anilines is 1. The number of carbonyl (C=O) groups is 1. The van der Waals surface area contributed by atoms with E-state index in [1.165, 1.54) is 13.0 Å². The highest BCUT2D eigenvalue weighted by atomic mass is 19.1. The average Bonchev–Trinajstić information content (AvgIpc) is 2.58. The maximum Gasteiger partial charge on any atom is 0.164 e. The topological polar surface area (TPSA) is 45.2 Å². The number of ketones is 1. The fourth-order valence-electron chi connectivity index (χ4n) is 3.51. The molecule has 0 spiro atoms. The van der Waals surface area contributed by atoms with Crippen molar-refractivity contribution in [1.82, 2.24) is 9.88 Å². The zero-order valence-electron chi connectivity index (χ0n) is 14.7. The van der Waals surface area contributed by atoms with E-state index in [2.05, 4.69) is 22.1 Å². The van der Waals surface area contributed by atoms with Crippen LogP contribution >= 0.6 is 0 Å². The lowest BCUT2D eigenvalue weighted by Crippen LogP contribution is -2.45. The molecule has 1 aromatic heterocycles. The van der Waals surface area contributed by atoms with E-state index >= 15 is 0 Å². The summed E-state index contributed by atoms with van der Waals surface area (Å²) < 4.78 is 14.0. The maximum absolute atomic E-state index is 14.0. The Labute approximate surface area is 148 Å². The molecule has 132 valence electrons. The van der Waals surface area contributed by atoms with Crippen molar-refractivity contribution in [3.05, 3.63) is 59.7 Å². The maximum atomic E-state index is 14.0. The van der Waals surface area contributed by atoms with Crippen molar-refractivity contribution in [2.24, 2.45) is 5.92 Å². The minimum Gasteiger partial charge on any atom is -0.381 e. The Morgan fingerprint density at radius 1 is 1.32 bits per heavy atom. The number of hydrogen-bond donors (Lipinski definition) is 1. The van der Waals surface area contributed by atoms with E-state index in [0.29, 0.717) is 11.6 Å². The number of benzene rings is 1. The van der Waals surface area contributed by atoms with Crippen LogP contribution in [-0.2, 0) is 6.54 Å². The molecule has 1 N–H and O–H groups in total. The molecule has 0 bridgehead atoms. The summed E-state index contributed by atoms with van der Waals surface area (Å²) in [5.41, 5.74) is 1.83. The van der Waals surface area contributed by atoms with Crippen LogP contribution < -0.4 is 5.32 Å². The molecule has 2 heterocycles. The molecule has 1 saturated heterocycles. The van der Waals surface area contributed by atoms with Gasteiger partial charge in [-0.25, -0.2) is 4.39 Å². The SMILES string of the molecule is CC(=O)c1c(F)cccc1N[C@H]1CCN(Cc2ccccn2)C[C@@H]1C. The number of nitrogens with one attached hydrogen (secondary N) is 1. The van der Waals surface area contributed by atoms with Crippen molar-refractivity contribution in [3.8, 4) is 0 Å². The first-order valence-electron chi connectivity index (χ1n) is 8.73. The summed E-state index contributed by atoms with van der Waals surface area (Å²) in [6, 6.07) is 11.0. The third kappa shape index (κ3) is 4.23. The number of hydrogen-bond acceptors (Lipinski definition) is 4. The van der Waals surface area contributed by atoms with Gasteiger partial charge in [-0.2, -0.15) is 0 Å². The van der Waals surface area contributed by atoms with Gasteiger partial charge in [0.25, 0.3) is 0 Å². The Hall–Kier alpha value is -2.27. The van der Waals surface area contributed by atoms with Crippen LogP contribution in [0.3, 0.4) is 0 Å². The number of rotatable bonds is 5. The largest absolute Gasteiger partial charge is 0.381 e. The fraction of sp³-hybridized carbons (Fsp3) is 0.400. The monoisotopic (exact) mass is 341 g/mol. The highest BCUT2D eigenvalue weighted by Gasteiger charge is 2.27. The van der Waals surface area contributed by atoms with Gasteiger partial charge in [-0.1, -0.05) is 19.1 Å². The second-order valence-electron chi connectivity index (χ2n) is 6.79. The Balaban J connectivity index is 1.65. The van der Waals surface area contributed by atoms with Crippen molar-refractivity contribution in [2.45, 2.75) is 32.9 Å². The number of pyridine rings is 1. The van der Waals surface area contributed by atoms with Gasteiger partial charge in [0.15, 0.2) is 5.78 Å². The summed E-state index contributed by atoms with van der Waals surface area (Å²) in [6.45, 7) is 6.33. The quantitative estimate of drug-likeness (QED) is 0.842. The summed E-state index contributed by atoms with van der Waals surface area (Å²) >= 11 is 0. The molecule has 3 rings (SSSR count). The van der Waals surface area contributed by atoms with Crippen molar-refractivity contribution in [3.63, 3.8) is 0 Å². The Morgan fingerprint density at radius 2 is 2.16 bits per heavy atom. The van der Waals surface area contributed by atoms with E-state index in [1.807, 2.05) is 24.4 Å². The predicted octanol–water partition coefficient (Wildman–Crippen LogP) is 3.75. The second kappa shape index (κ2) is 7.74. The third-order valence-corrected chi connectivity index (χ3v) is 4.81. The molecular formula is C20H24FN3O. The lowest BCUT2D eigenvalue weighted by molar-refractivity contribution is 0.101. The van der Waals surface area contributed by atoms with Crippen LogP contribution in [-0.4, -0.2) is 34.8 Å². The summed E-state index contributed by atoms with van der Waals surface area (Å²) in [5, 5.41) is 3.40. The van der Waals surface area contributed by atoms with Crippen LogP contribution in [0.5, 0.6) is 0 Å². The third-order valence-electron chi connectivity index (χ3n) is 4.81. The molecule has 0 amide bonds. The number of piperidine rings is 1. The van der Waals surface area contributed by atoms with Crippen molar-refractivity contribution >= 4 is 11.5 Å². The summed E-state index contributed by atoms with van der Waals surface area (Å²) in [6.07, 6.45) is 2.77. The number of Topliss-reactive ketones (excluding diaryl/α,β-unsaturated/α-hetero) is 1. The van der Waals surface area contributed by atoms with Gasteiger partial charge in [0.1, 0.15) is 5.82 Å². The number of likely N-dealkylation sites (tertiary alicyclic amines) is 1. The summed E-state index contributed by atoms with van der Waals surface area (Å²) in [5.74, 6) is -0.320. The molecule has 4 nitrogen and oxygen atoms in total. The minimum atomic E-state index is -0.460. The molecule has 1 aliphatic heterocycles. The standard InChI is InChI=1S/C20H24FN3O/c1-14-12-24(13-16-6-3-4-10-22-16)11-9-18(14)23-19-8-5-7-17(21)20(19)15(2)25/h3-8,10,14,18,23H,9,11-13H2,1-2H3/t14-,18-/m0/s1. The summed E-state index contributed by atoms with van der Waals surface area (Å²) in [4.78, 5) is 18.6. The van der Waals surface area contributed by atoms with Gasteiger partial charge in [-0.15, -0.1) is 0 Å². The van der Waals surface area contributed by atoms with Gasteiger partial charge in [-0.3, -0.25) is 14.7 Å². The van der Waals surface area contributed by atoms with Crippen LogP contribution in [0.15, 0.2) is 42.6 Å². The minimum absolute atomic E-state index is 0.158. The Bertz CT molecular complexity index is 735. The highest BCUT2D eigenvalue weighted by molar-refractivity contribution is 5.99. The molecule has 0 saturated carbocycles. The van der Waals surface area contributed by atoms with Gasteiger partial charge in [-0.05, 0) is 43.5 Å². The van der Waals surface area contributed by atoms with Crippen molar-refractivity contribution in [2.75, 3.05) is 18.4 Å². The van der Waals surface area contributed by atoms with E-state index in [4.69, 9.17) is 0 Å². The Morgan fingerprint density at radius 3 is 2.84 bits per heavy atom. The molecule has 0 unspecified atom stereocenters. The first kappa shape index (κ1) is 17.5. The lowest BCUT2D eigenvalue weighted by atomic mass is 9.93. The molecule has 0 aliphatic carbocycles. The normalized spacial score (nSPS) is 21.1. The van der Waals surface area contributed by atoms with E-state index in [0.717, 1.165) is 31.7 Å². The average molecular weight is 341 g/mol. The van der Waals surface area contributed by atoms with Crippen LogP contribution in [0.1, 0.15) is 36.3 Å². The predicted molar refractivity (Wildman–Crippen MR) is 97.1 cm³/mol. The molecule has 25 heavy (non-hydrogen) atoms. The van der Waals surface area contributed by atoms with Gasteiger partial charge in [0.05, 0.1) is 11.3 Å². The first-order chi connectivity index (χ1) is 12.0. The second-order valence-corrected chi connectivity index (χ2v) is 6.79. The van der Waals surface area contributed by atoms with Gasteiger partial charge in [0, 0.05) is 37.6 Å². The van der Waals surface area contributed by atoms with Crippen LogP contribution in [0, 0.1) is 11.7 Å².